The zero-order valence-electron chi connectivity index (χ0n) is 9.95. The molecule has 0 aliphatic carbocycles. The number of benzene rings is 1. The first kappa shape index (κ1) is 12.5. The largest absolute Gasteiger partial charge is 0.372 e. The average Bonchev–Trinajstić information content (AvgIpc) is 2.90. The molecular formula is C13H17BrN2O. The molecule has 0 radical (unpaired) electrons. The van der Waals surface area contributed by atoms with Gasteiger partial charge in [-0.3, -0.25) is 10.3 Å². The van der Waals surface area contributed by atoms with Crippen LogP contribution in [0.2, 0.25) is 0 Å². The van der Waals surface area contributed by atoms with Crippen molar-refractivity contribution in [3.63, 3.8) is 0 Å². The van der Waals surface area contributed by atoms with E-state index in [1.165, 1.54) is 31.6 Å². The second-order valence-electron chi connectivity index (χ2n) is 4.07. The number of anilines is 1. The summed E-state index contributed by atoms with van der Waals surface area (Å²) in [5.41, 5.74) is 6.16. The summed E-state index contributed by atoms with van der Waals surface area (Å²) in [4.78, 5) is 9.16. The van der Waals surface area contributed by atoms with E-state index in [0.717, 1.165) is 11.3 Å². The molecule has 0 saturated carbocycles. The van der Waals surface area contributed by atoms with Gasteiger partial charge in [0.1, 0.15) is 0 Å². The molecule has 17 heavy (non-hydrogen) atoms. The fourth-order valence-corrected chi connectivity index (χ4v) is 2.44. The van der Waals surface area contributed by atoms with Gasteiger partial charge in [0.15, 0.2) is 0 Å². The summed E-state index contributed by atoms with van der Waals surface area (Å²) in [5, 5.41) is 0. The Kier molecular flexibility index (Phi) is 4.45. The van der Waals surface area contributed by atoms with Gasteiger partial charge in [0.2, 0.25) is 0 Å². The highest BCUT2D eigenvalue weighted by molar-refractivity contribution is 9.11. The molecule has 0 atom stereocenters. The Bertz CT molecular complexity index is 383. The van der Waals surface area contributed by atoms with Crippen LogP contribution in [0.15, 0.2) is 29.3 Å². The first-order valence-corrected chi connectivity index (χ1v) is 6.71. The van der Waals surface area contributed by atoms with Gasteiger partial charge in [0.25, 0.3) is 0 Å². The summed E-state index contributed by atoms with van der Waals surface area (Å²) in [6, 6.07) is 8.53. The first-order chi connectivity index (χ1) is 8.35. The maximum Gasteiger partial charge on any atom is 0.0745 e. The summed E-state index contributed by atoms with van der Waals surface area (Å²) in [6.07, 6.45) is 2.61. The van der Waals surface area contributed by atoms with Gasteiger partial charge in [0, 0.05) is 29.3 Å². The molecule has 1 heterocycles. The molecule has 1 aromatic rings. The maximum atomic E-state index is 4.92. The van der Waals surface area contributed by atoms with Gasteiger partial charge in [-0.1, -0.05) is 28.1 Å². The van der Waals surface area contributed by atoms with Gasteiger partial charge in [-0.15, -0.1) is 0 Å². The molecule has 92 valence electrons. The number of hydrogen-bond acceptors (Lipinski definition) is 3. The Labute approximate surface area is 111 Å². The number of hydrogen-bond donors (Lipinski definition) is 1. The molecule has 0 aromatic heterocycles. The molecule has 1 aromatic carbocycles. The van der Waals surface area contributed by atoms with Crippen molar-refractivity contribution in [2.45, 2.75) is 12.8 Å². The van der Waals surface area contributed by atoms with E-state index in [1.807, 2.05) is 4.99 Å². The fourth-order valence-electron chi connectivity index (χ4n) is 2.08. The lowest BCUT2D eigenvalue weighted by Gasteiger charge is -2.18. The third-order valence-electron chi connectivity index (χ3n) is 2.97. The first-order valence-electron chi connectivity index (χ1n) is 5.80. The van der Waals surface area contributed by atoms with E-state index < -0.39 is 0 Å². The van der Waals surface area contributed by atoms with Crippen molar-refractivity contribution < 1.29 is 4.84 Å². The number of nitrogens with one attached hydrogen (secondary N) is 1. The summed E-state index contributed by atoms with van der Waals surface area (Å²) < 4.78 is 0. The van der Waals surface area contributed by atoms with Gasteiger partial charge in [-0.05, 0) is 25.0 Å². The van der Waals surface area contributed by atoms with Gasteiger partial charge in [0.05, 0.1) is 12.8 Å². The number of rotatable bonds is 4. The van der Waals surface area contributed by atoms with Crippen molar-refractivity contribution in [3.05, 3.63) is 34.8 Å². The van der Waals surface area contributed by atoms with Crippen LogP contribution in [-0.4, -0.2) is 20.2 Å². The molecule has 0 amide bonds. The lowest BCUT2D eigenvalue weighted by Crippen LogP contribution is -2.17. The lowest BCUT2D eigenvalue weighted by atomic mass is 10.1. The van der Waals surface area contributed by atoms with Gasteiger partial charge in [-0.25, -0.2) is 0 Å². The molecule has 1 fully saturated rings. The van der Waals surface area contributed by atoms with Crippen molar-refractivity contribution in [2.75, 3.05) is 25.1 Å². The minimum absolute atomic E-state index is 0.917. The highest BCUT2D eigenvalue weighted by Crippen LogP contribution is 2.22. The lowest BCUT2D eigenvalue weighted by molar-refractivity contribution is 0.137. The molecule has 1 saturated heterocycles. The van der Waals surface area contributed by atoms with Crippen molar-refractivity contribution in [2.24, 2.45) is 0 Å². The van der Waals surface area contributed by atoms with Crippen LogP contribution in [0.4, 0.5) is 5.69 Å². The van der Waals surface area contributed by atoms with Crippen LogP contribution in [-0.2, 0) is 4.84 Å². The summed E-state index contributed by atoms with van der Waals surface area (Å²) in [6.45, 7) is 2.35. The Morgan fingerprint density at radius 1 is 1.29 bits per heavy atom. The Hall–Kier alpha value is -1.00. The van der Waals surface area contributed by atoms with E-state index in [4.69, 9.17) is 4.84 Å². The third-order valence-corrected chi connectivity index (χ3v) is 3.43. The van der Waals surface area contributed by atoms with Crippen LogP contribution in [0.5, 0.6) is 0 Å². The molecule has 3 nitrogen and oxygen atoms in total. The molecule has 0 bridgehead atoms. The highest BCUT2D eigenvalue weighted by Gasteiger charge is 2.12. The second-order valence-corrected chi connectivity index (χ2v) is 4.53. The molecule has 1 N–H and O–H groups in total. The van der Waals surface area contributed by atoms with Crippen LogP contribution in [0.25, 0.3) is 5.70 Å². The van der Waals surface area contributed by atoms with E-state index in [9.17, 15) is 0 Å². The second kappa shape index (κ2) is 6.07. The molecular weight excluding hydrogens is 280 g/mol. The Balaban J connectivity index is 2.11. The smallest absolute Gasteiger partial charge is 0.0745 e. The molecule has 0 unspecified atom stereocenters. The predicted octanol–water partition coefficient (Wildman–Crippen LogP) is 3.13. The normalized spacial score (nSPS) is 16.4. The van der Waals surface area contributed by atoms with Gasteiger partial charge >= 0.3 is 0 Å². The van der Waals surface area contributed by atoms with Gasteiger partial charge in [-0.2, -0.15) is 0 Å². The van der Waals surface area contributed by atoms with E-state index in [2.05, 4.69) is 50.6 Å². The molecule has 0 spiro atoms. The van der Waals surface area contributed by atoms with Crippen LogP contribution >= 0.6 is 15.9 Å². The topological polar surface area (TPSA) is 24.5 Å². The van der Waals surface area contributed by atoms with Crippen LogP contribution in [0.3, 0.4) is 0 Å². The molecule has 1 aliphatic rings. The minimum atomic E-state index is 0.917. The van der Waals surface area contributed by atoms with Gasteiger partial charge < -0.3 is 4.90 Å². The van der Waals surface area contributed by atoms with E-state index in [1.54, 1.807) is 7.11 Å². The zero-order chi connectivity index (χ0) is 12.1. The van der Waals surface area contributed by atoms with Crippen molar-refractivity contribution >= 4 is 27.3 Å². The van der Waals surface area contributed by atoms with Crippen LogP contribution < -0.4 is 10.4 Å². The summed E-state index contributed by atoms with van der Waals surface area (Å²) in [7, 11) is 1.61. The average molecular weight is 297 g/mol. The summed E-state index contributed by atoms with van der Waals surface area (Å²) in [5.74, 6) is 0. The third kappa shape index (κ3) is 3.01. The Morgan fingerprint density at radius 2 is 1.94 bits per heavy atom. The quantitative estimate of drug-likeness (QED) is 0.864. The van der Waals surface area contributed by atoms with E-state index in [-0.39, 0.29) is 0 Å². The van der Waals surface area contributed by atoms with E-state index in [0.29, 0.717) is 0 Å². The summed E-state index contributed by atoms with van der Waals surface area (Å²) >= 11 is 3.32. The maximum absolute atomic E-state index is 4.92. The van der Waals surface area contributed by atoms with Crippen molar-refractivity contribution in [1.82, 2.24) is 5.48 Å². The fraction of sp³-hybridized carbons (Fsp3) is 0.385. The highest BCUT2D eigenvalue weighted by atomic mass is 79.9. The predicted molar refractivity (Wildman–Crippen MR) is 74.9 cm³/mol. The number of nitrogens with zero attached hydrogens (tertiary/aromatic N) is 1. The standard InChI is InChI=1S/C13H17BrN2O/c1-17-15-13(10-14)11-4-6-12(7-5-11)16-8-2-3-9-16/h4-7,10,15H,2-3,8-9H2,1H3. The number of hydroxylamine groups is 1. The van der Waals surface area contributed by atoms with Crippen molar-refractivity contribution in [1.29, 1.82) is 0 Å². The molecule has 2 rings (SSSR count). The monoisotopic (exact) mass is 296 g/mol. The SMILES string of the molecule is CONC(=CBr)c1ccc(N2CCCC2)cc1. The van der Waals surface area contributed by atoms with Crippen LogP contribution in [0.1, 0.15) is 18.4 Å². The Morgan fingerprint density at radius 3 is 2.47 bits per heavy atom. The van der Waals surface area contributed by atoms with E-state index >= 15 is 0 Å². The van der Waals surface area contributed by atoms with Crippen molar-refractivity contribution in [3.8, 4) is 0 Å². The molecule has 4 heteroatoms. The minimum Gasteiger partial charge on any atom is -0.372 e. The zero-order valence-corrected chi connectivity index (χ0v) is 11.5. The van der Waals surface area contributed by atoms with Crippen LogP contribution in [0, 0.1) is 0 Å². The molecule has 1 aliphatic heterocycles. The number of halogens is 1.